The van der Waals surface area contributed by atoms with E-state index in [-0.39, 0.29) is 6.04 Å². The Labute approximate surface area is 112 Å². The second-order valence-electron chi connectivity index (χ2n) is 4.40. The summed E-state index contributed by atoms with van der Waals surface area (Å²) in [5.74, 6) is 1.43. The van der Waals surface area contributed by atoms with Crippen molar-refractivity contribution >= 4 is 11.6 Å². The van der Waals surface area contributed by atoms with Gasteiger partial charge in [-0.2, -0.15) is 0 Å². The lowest BCUT2D eigenvalue weighted by molar-refractivity contribution is 0.482. The molecule has 2 aromatic rings. The number of ether oxygens (including phenoxy) is 1. The fourth-order valence-electron chi connectivity index (χ4n) is 1.69. The number of rotatable bonds is 3. The highest BCUT2D eigenvalue weighted by molar-refractivity contribution is 6.32. The van der Waals surface area contributed by atoms with Gasteiger partial charge in [0.05, 0.1) is 5.02 Å². The molecule has 0 saturated carbocycles. The first-order valence-electron chi connectivity index (χ1n) is 5.86. The van der Waals surface area contributed by atoms with Crippen molar-refractivity contribution in [3.63, 3.8) is 0 Å². The maximum absolute atomic E-state index is 6.18. The van der Waals surface area contributed by atoms with Gasteiger partial charge in [0.15, 0.2) is 0 Å². The molecule has 0 unspecified atom stereocenters. The molecule has 0 amide bonds. The van der Waals surface area contributed by atoms with Crippen LogP contribution in [0.3, 0.4) is 0 Å². The predicted molar refractivity (Wildman–Crippen MR) is 75.3 cm³/mol. The van der Waals surface area contributed by atoms with Gasteiger partial charge >= 0.3 is 0 Å². The Hall–Kier alpha value is -1.51. The van der Waals surface area contributed by atoms with Crippen molar-refractivity contribution in [3.05, 3.63) is 58.6 Å². The lowest BCUT2D eigenvalue weighted by Gasteiger charge is -2.11. The molecule has 2 aromatic carbocycles. The van der Waals surface area contributed by atoms with Gasteiger partial charge in [-0.25, -0.2) is 0 Å². The fourth-order valence-corrected chi connectivity index (χ4v) is 1.92. The van der Waals surface area contributed by atoms with E-state index < -0.39 is 0 Å². The summed E-state index contributed by atoms with van der Waals surface area (Å²) in [4.78, 5) is 0. The van der Waals surface area contributed by atoms with Crippen molar-refractivity contribution in [2.45, 2.75) is 19.9 Å². The molecule has 0 aliphatic heterocycles. The van der Waals surface area contributed by atoms with Crippen LogP contribution in [0, 0.1) is 6.92 Å². The number of hydrogen-bond donors (Lipinski definition) is 1. The molecule has 18 heavy (non-hydrogen) atoms. The lowest BCUT2D eigenvalue weighted by atomic mass is 10.1. The average molecular weight is 262 g/mol. The minimum absolute atomic E-state index is 0.0319. The molecule has 0 radical (unpaired) electrons. The molecule has 94 valence electrons. The van der Waals surface area contributed by atoms with E-state index in [9.17, 15) is 0 Å². The molecule has 2 nitrogen and oxygen atoms in total. The van der Waals surface area contributed by atoms with Gasteiger partial charge in [-0.05, 0) is 49.2 Å². The first kappa shape index (κ1) is 12.9. The molecule has 0 spiro atoms. The third-order valence-corrected chi connectivity index (χ3v) is 2.99. The Bertz CT molecular complexity index is 552. The van der Waals surface area contributed by atoms with Gasteiger partial charge in [-0.3, -0.25) is 0 Å². The largest absolute Gasteiger partial charge is 0.456 e. The summed E-state index contributed by atoms with van der Waals surface area (Å²) in [6, 6.07) is 13.4. The molecule has 1 atom stereocenters. The highest BCUT2D eigenvalue weighted by atomic mass is 35.5. The highest BCUT2D eigenvalue weighted by Crippen LogP contribution is 2.31. The highest BCUT2D eigenvalue weighted by Gasteiger charge is 2.06. The Kier molecular flexibility index (Phi) is 3.90. The van der Waals surface area contributed by atoms with Gasteiger partial charge in [0.1, 0.15) is 11.5 Å². The number of benzene rings is 2. The van der Waals surface area contributed by atoms with Crippen molar-refractivity contribution in [3.8, 4) is 11.5 Å². The second-order valence-corrected chi connectivity index (χ2v) is 4.80. The SMILES string of the molecule is Cc1cccc(Oc2ccc([C@@H](C)N)cc2Cl)c1. The minimum Gasteiger partial charge on any atom is -0.456 e. The molecule has 0 aliphatic carbocycles. The van der Waals surface area contributed by atoms with Crippen molar-refractivity contribution in [1.29, 1.82) is 0 Å². The van der Waals surface area contributed by atoms with Gasteiger partial charge in [-0.1, -0.05) is 29.8 Å². The molecule has 0 heterocycles. The van der Waals surface area contributed by atoms with Crippen LogP contribution in [-0.2, 0) is 0 Å². The standard InChI is InChI=1S/C15H16ClNO/c1-10-4-3-5-13(8-10)18-15-7-6-12(11(2)17)9-14(15)16/h3-9,11H,17H2,1-2H3/t11-/m1/s1. The third-order valence-electron chi connectivity index (χ3n) is 2.70. The Morgan fingerprint density at radius 1 is 1.17 bits per heavy atom. The van der Waals surface area contributed by atoms with Gasteiger partial charge in [0.2, 0.25) is 0 Å². The minimum atomic E-state index is -0.0319. The summed E-state index contributed by atoms with van der Waals surface area (Å²) in [6.07, 6.45) is 0. The van der Waals surface area contributed by atoms with Crippen LogP contribution in [0.5, 0.6) is 11.5 Å². The summed E-state index contributed by atoms with van der Waals surface area (Å²) in [5.41, 5.74) is 7.95. The number of hydrogen-bond acceptors (Lipinski definition) is 2. The Morgan fingerprint density at radius 2 is 1.94 bits per heavy atom. The summed E-state index contributed by atoms with van der Waals surface area (Å²) in [6.45, 7) is 3.94. The fraction of sp³-hybridized carbons (Fsp3) is 0.200. The van der Waals surface area contributed by atoms with Crippen LogP contribution in [-0.4, -0.2) is 0 Å². The number of halogens is 1. The Balaban J connectivity index is 2.24. The molecule has 0 aliphatic rings. The quantitative estimate of drug-likeness (QED) is 0.885. The average Bonchev–Trinajstić information content (AvgIpc) is 2.31. The summed E-state index contributed by atoms with van der Waals surface area (Å²) in [5, 5.41) is 0.575. The predicted octanol–water partition coefficient (Wildman–Crippen LogP) is 4.46. The molecule has 2 N–H and O–H groups in total. The van der Waals surface area contributed by atoms with Crippen LogP contribution in [0.4, 0.5) is 0 Å². The van der Waals surface area contributed by atoms with Crippen LogP contribution in [0.15, 0.2) is 42.5 Å². The van der Waals surface area contributed by atoms with Crippen LogP contribution in [0.1, 0.15) is 24.1 Å². The zero-order valence-corrected chi connectivity index (χ0v) is 11.2. The van der Waals surface area contributed by atoms with E-state index >= 15 is 0 Å². The number of aryl methyl sites for hydroxylation is 1. The monoisotopic (exact) mass is 261 g/mol. The van der Waals surface area contributed by atoms with Crippen LogP contribution in [0.25, 0.3) is 0 Å². The maximum atomic E-state index is 6.18. The Morgan fingerprint density at radius 3 is 2.56 bits per heavy atom. The zero-order valence-electron chi connectivity index (χ0n) is 10.5. The van der Waals surface area contributed by atoms with Gasteiger partial charge in [-0.15, -0.1) is 0 Å². The van der Waals surface area contributed by atoms with E-state index in [4.69, 9.17) is 22.1 Å². The van der Waals surface area contributed by atoms with Crippen molar-refractivity contribution in [1.82, 2.24) is 0 Å². The lowest BCUT2D eigenvalue weighted by Crippen LogP contribution is -2.04. The molecule has 3 heteroatoms. The van der Waals surface area contributed by atoms with Crippen molar-refractivity contribution in [2.24, 2.45) is 5.73 Å². The van der Waals surface area contributed by atoms with E-state index in [0.717, 1.165) is 16.9 Å². The maximum Gasteiger partial charge on any atom is 0.146 e. The van der Waals surface area contributed by atoms with E-state index in [1.165, 1.54) is 0 Å². The van der Waals surface area contributed by atoms with Crippen molar-refractivity contribution < 1.29 is 4.74 Å². The molecule has 0 saturated heterocycles. The van der Waals surface area contributed by atoms with Crippen LogP contribution in [0.2, 0.25) is 5.02 Å². The summed E-state index contributed by atoms with van der Waals surface area (Å²) >= 11 is 6.18. The number of nitrogens with two attached hydrogens (primary N) is 1. The summed E-state index contributed by atoms with van der Waals surface area (Å²) < 4.78 is 5.75. The molecular weight excluding hydrogens is 246 g/mol. The normalized spacial score (nSPS) is 12.2. The van der Waals surface area contributed by atoms with Crippen LogP contribution >= 0.6 is 11.6 Å². The van der Waals surface area contributed by atoms with Gasteiger partial charge in [0.25, 0.3) is 0 Å². The van der Waals surface area contributed by atoms with Crippen LogP contribution < -0.4 is 10.5 Å². The van der Waals surface area contributed by atoms with Gasteiger partial charge in [0, 0.05) is 6.04 Å². The second kappa shape index (κ2) is 5.42. The zero-order chi connectivity index (χ0) is 13.1. The van der Waals surface area contributed by atoms with E-state index in [2.05, 4.69) is 0 Å². The molecular formula is C15H16ClNO. The topological polar surface area (TPSA) is 35.2 Å². The summed E-state index contributed by atoms with van der Waals surface area (Å²) in [7, 11) is 0. The molecule has 2 rings (SSSR count). The first-order chi connectivity index (χ1) is 8.56. The molecule has 0 bridgehead atoms. The molecule has 0 aromatic heterocycles. The third kappa shape index (κ3) is 3.03. The molecule has 0 fully saturated rings. The van der Waals surface area contributed by atoms with E-state index in [1.807, 2.05) is 56.3 Å². The smallest absolute Gasteiger partial charge is 0.146 e. The van der Waals surface area contributed by atoms with Crippen molar-refractivity contribution in [2.75, 3.05) is 0 Å². The van der Waals surface area contributed by atoms with E-state index in [1.54, 1.807) is 0 Å². The van der Waals surface area contributed by atoms with Gasteiger partial charge < -0.3 is 10.5 Å². The first-order valence-corrected chi connectivity index (χ1v) is 6.23. The van der Waals surface area contributed by atoms with E-state index in [0.29, 0.717) is 10.8 Å².